The number of hydrogen-bond acceptors (Lipinski definition) is 3. The highest BCUT2D eigenvalue weighted by Gasteiger charge is 2.56. The molecule has 1 fully saturated rings. The molecule has 1 aliphatic carbocycles. The van der Waals surface area contributed by atoms with E-state index in [9.17, 15) is 17.6 Å². The van der Waals surface area contributed by atoms with Crippen molar-refractivity contribution in [3.05, 3.63) is 53.3 Å². The number of sulfonamides is 1. The molecule has 138 valence electrons. The van der Waals surface area contributed by atoms with Crippen LogP contribution in [0.1, 0.15) is 6.42 Å². The minimum absolute atomic E-state index is 0.0291. The zero-order chi connectivity index (χ0) is 19.1. The molecule has 26 heavy (non-hydrogen) atoms. The second-order valence-corrected chi connectivity index (χ2v) is 9.36. The molecule has 2 aromatic carbocycles. The molecule has 0 aliphatic heterocycles. The van der Waals surface area contributed by atoms with Crippen LogP contribution in [-0.4, -0.2) is 18.7 Å². The topological polar surface area (TPSA) is 75.3 Å². The molecule has 1 atom stereocenters. The van der Waals surface area contributed by atoms with Crippen LogP contribution in [0.15, 0.2) is 47.4 Å². The van der Waals surface area contributed by atoms with Crippen LogP contribution >= 0.6 is 34.8 Å². The molecule has 0 heterocycles. The Balaban J connectivity index is 1.89. The van der Waals surface area contributed by atoms with Gasteiger partial charge in [-0.1, -0.05) is 23.7 Å². The molecule has 3 rings (SSSR count). The lowest BCUT2D eigenvalue weighted by Crippen LogP contribution is -2.20. The maximum absolute atomic E-state index is 13.8. The van der Waals surface area contributed by atoms with E-state index in [1.165, 1.54) is 30.3 Å². The molecule has 0 saturated heterocycles. The second kappa shape index (κ2) is 6.88. The first kappa shape index (κ1) is 19.2. The van der Waals surface area contributed by atoms with Crippen molar-refractivity contribution in [2.45, 2.75) is 15.6 Å². The predicted octanol–water partition coefficient (Wildman–Crippen LogP) is 4.41. The maximum atomic E-state index is 13.8. The van der Waals surface area contributed by atoms with Gasteiger partial charge in [0.05, 0.1) is 17.3 Å². The van der Waals surface area contributed by atoms with Crippen molar-refractivity contribution >= 4 is 62.1 Å². The third-order valence-corrected chi connectivity index (χ3v) is 6.22. The number of carbonyl (C=O) groups excluding carboxylic acids is 1. The third-order valence-electron chi connectivity index (χ3n) is 3.75. The molecular weight excluding hydrogens is 426 g/mol. The van der Waals surface area contributed by atoms with Gasteiger partial charge in [-0.05, 0) is 36.8 Å². The van der Waals surface area contributed by atoms with Gasteiger partial charge in [0.25, 0.3) is 10.0 Å². The number of alkyl halides is 2. The van der Waals surface area contributed by atoms with Crippen molar-refractivity contribution in [1.29, 1.82) is 0 Å². The smallest absolute Gasteiger partial charge is 0.264 e. The van der Waals surface area contributed by atoms with Crippen molar-refractivity contribution in [1.82, 2.24) is 0 Å². The van der Waals surface area contributed by atoms with E-state index in [0.29, 0.717) is 6.42 Å². The van der Waals surface area contributed by atoms with Gasteiger partial charge in [0.1, 0.15) is 15.0 Å². The average Bonchev–Trinajstić information content (AvgIpc) is 3.19. The summed E-state index contributed by atoms with van der Waals surface area (Å²) in [6.07, 6.45) is 0.290. The number of amides is 1. The van der Waals surface area contributed by atoms with Gasteiger partial charge in [-0.3, -0.25) is 9.52 Å². The molecule has 2 N–H and O–H groups in total. The molecule has 1 saturated carbocycles. The summed E-state index contributed by atoms with van der Waals surface area (Å²) in [5, 5.41) is 2.82. The van der Waals surface area contributed by atoms with Crippen molar-refractivity contribution in [3.8, 4) is 0 Å². The molecule has 1 unspecified atom stereocenters. The zero-order valence-corrected chi connectivity index (χ0v) is 16.1. The van der Waals surface area contributed by atoms with Crippen LogP contribution in [0.25, 0.3) is 0 Å². The summed E-state index contributed by atoms with van der Waals surface area (Å²) in [6, 6.07) is 9.10. The Labute approximate surface area is 164 Å². The monoisotopic (exact) mass is 436 g/mol. The fraction of sp³-hybridized carbons (Fsp3) is 0.188. The van der Waals surface area contributed by atoms with E-state index in [-0.39, 0.29) is 16.4 Å². The van der Waals surface area contributed by atoms with Gasteiger partial charge in [-0.2, -0.15) is 0 Å². The Morgan fingerprint density at radius 3 is 2.42 bits per heavy atom. The number of rotatable bonds is 5. The fourth-order valence-corrected chi connectivity index (χ4v) is 4.13. The summed E-state index contributed by atoms with van der Waals surface area (Å²) in [6.45, 7) is 0. The lowest BCUT2D eigenvalue weighted by atomic mass is 10.2. The normalized spacial score (nSPS) is 18.2. The average molecular weight is 438 g/mol. The Morgan fingerprint density at radius 1 is 1.15 bits per heavy atom. The molecule has 1 aliphatic rings. The standard InChI is InChI=1S/C16H12Cl3FN2O3S/c17-9-5-6-12(13(7-9)21-15(23)10-8-16(10,18)19)22-26(24,25)14-4-2-1-3-11(14)20/h1-7,10,22H,8H2,(H,21,23). The van der Waals surface area contributed by atoms with Crippen LogP contribution < -0.4 is 10.0 Å². The number of hydrogen-bond donors (Lipinski definition) is 2. The first-order valence-corrected chi connectivity index (χ1v) is 9.97. The van der Waals surface area contributed by atoms with Gasteiger partial charge in [0, 0.05) is 5.02 Å². The van der Waals surface area contributed by atoms with Crippen LogP contribution in [0.3, 0.4) is 0 Å². The molecule has 10 heteroatoms. The minimum Gasteiger partial charge on any atom is -0.324 e. The maximum Gasteiger partial charge on any atom is 0.264 e. The van der Waals surface area contributed by atoms with Crippen LogP contribution in [0.4, 0.5) is 15.8 Å². The summed E-state index contributed by atoms with van der Waals surface area (Å²) in [7, 11) is -4.21. The second-order valence-electron chi connectivity index (χ2n) is 5.73. The van der Waals surface area contributed by atoms with E-state index >= 15 is 0 Å². The van der Waals surface area contributed by atoms with Crippen LogP contribution in [0, 0.1) is 11.7 Å². The summed E-state index contributed by atoms with van der Waals surface area (Å²) in [4.78, 5) is 11.7. The predicted molar refractivity (Wildman–Crippen MR) is 99.8 cm³/mol. The Hall–Kier alpha value is -1.54. The molecule has 1 amide bonds. The molecule has 0 radical (unpaired) electrons. The van der Waals surface area contributed by atoms with E-state index in [4.69, 9.17) is 34.8 Å². The molecule has 2 aromatic rings. The number of nitrogens with one attached hydrogen (secondary N) is 2. The molecular formula is C16H12Cl3FN2O3S. The quantitative estimate of drug-likeness (QED) is 0.680. The van der Waals surface area contributed by atoms with E-state index in [1.54, 1.807) is 0 Å². The molecule has 0 spiro atoms. The van der Waals surface area contributed by atoms with Gasteiger partial charge >= 0.3 is 0 Å². The van der Waals surface area contributed by atoms with Gasteiger partial charge < -0.3 is 5.32 Å². The van der Waals surface area contributed by atoms with E-state index in [1.807, 2.05) is 0 Å². The van der Waals surface area contributed by atoms with Crippen molar-refractivity contribution in [3.63, 3.8) is 0 Å². The summed E-state index contributed by atoms with van der Waals surface area (Å²) < 4.78 is 39.9. The molecule has 0 bridgehead atoms. The van der Waals surface area contributed by atoms with E-state index < -0.39 is 36.9 Å². The van der Waals surface area contributed by atoms with Crippen LogP contribution in [0.5, 0.6) is 0 Å². The highest BCUT2D eigenvalue weighted by atomic mass is 35.5. The lowest BCUT2D eigenvalue weighted by Gasteiger charge is -2.14. The van der Waals surface area contributed by atoms with Gasteiger partial charge in [0.2, 0.25) is 5.91 Å². The number of halogens is 4. The Morgan fingerprint density at radius 2 is 1.81 bits per heavy atom. The first-order chi connectivity index (χ1) is 12.1. The lowest BCUT2D eigenvalue weighted by molar-refractivity contribution is -0.117. The van der Waals surface area contributed by atoms with Crippen LogP contribution in [0.2, 0.25) is 5.02 Å². The molecule has 5 nitrogen and oxygen atoms in total. The molecule has 0 aromatic heterocycles. The fourth-order valence-electron chi connectivity index (χ4n) is 2.29. The first-order valence-electron chi connectivity index (χ1n) is 7.36. The summed E-state index contributed by atoms with van der Waals surface area (Å²) in [5.74, 6) is -1.98. The number of benzene rings is 2. The number of anilines is 2. The summed E-state index contributed by atoms with van der Waals surface area (Å²) >= 11 is 17.7. The highest BCUT2D eigenvalue weighted by molar-refractivity contribution is 7.92. The van der Waals surface area contributed by atoms with E-state index in [2.05, 4.69) is 10.0 Å². The van der Waals surface area contributed by atoms with Gasteiger partial charge in [0.15, 0.2) is 0 Å². The van der Waals surface area contributed by atoms with Crippen molar-refractivity contribution in [2.75, 3.05) is 10.0 Å². The van der Waals surface area contributed by atoms with Crippen LogP contribution in [-0.2, 0) is 14.8 Å². The van der Waals surface area contributed by atoms with Crippen molar-refractivity contribution in [2.24, 2.45) is 5.92 Å². The highest BCUT2D eigenvalue weighted by Crippen LogP contribution is 2.53. The van der Waals surface area contributed by atoms with Gasteiger partial charge in [-0.25, -0.2) is 12.8 Å². The van der Waals surface area contributed by atoms with E-state index in [0.717, 1.165) is 12.1 Å². The van der Waals surface area contributed by atoms with Gasteiger partial charge in [-0.15, -0.1) is 23.2 Å². The number of carbonyl (C=O) groups is 1. The third kappa shape index (κ3) is 4.06. The summed E-state index contributed by atoms with van der Waals surface area (Å²) in [5.41, 5.74) is 0.139. The van der Waals surface area contributed by atoms with Crippen molar-refractivity contribution < 1.29 is 17.6 Å². The zero-order valence-electron chi connectivity index (χ0n) is 13.0. The SMILES string of the molecule is O=C(Nc1cc(Cl)ccc1NS(=O)(=O)c1ccccc1F)C1CC1(Cl)Cl. The minimum atomic E-state index is -4.21. The Kier molecular flexibility index (Phi) is 5.09. The largest absolute Gasteiger partial charge is 0.324 e. The Bertz CT molecular complexity index is 982.